The van der Waals surface area contributed by atoms with Crippen LogP contribution in [0.1, 0.15) is 13.8 Å². The van der Waals surface area contributed by atoms with Crippen LogP contribution < -0.4 is 4.72 Å². The maximum absolute atomic E-state index is 12.9. The van der Waals surface area contributed by atoms with E-state index in [2.05, 4.69) is 10.6 Å². The molecule has 0 saturated heterocycles. The molecule has 1 N–H and O–H groups in total. The Labute approximate surface area is 98.9 Å². The van der Waals surface area contributed by atoms with Crippen molar-refractivity contribution in [2.24, 2.45) is 0 Å². The first-order valence-corrected chi connectivity index (χ1v) is 6.13. The average molecular weight is 259 g/mol. The summed E-state index contributed by atoms with van der Waals surface area (Å²) in [4.78, 5) is -0.375. The van der Waals surface area contributed by atoms with Crippen LogP contribution in [0.2, 0.25) is 0 Å². The van der Waals surface area contributed by atoms with Gasteiger partial charge in [-0.15, -0.1) is 6.42 Å². The third kappa shape index (κ3) is 3.25. The zero-order valence-corrected chi connectivity index (χ0v) is 10.1. The lowest BCUT2D eigenvalue weighted by molar-refractivity contribution is 0.502. The van der Waals surface area contributed by atoms with Gasteiger partial charge < -0.3 is 0 Å². The summed E-state index contributed by atoms with van der Waals surface area (Å²) >= 11 is 0. The second kappa shape index (κ2) is 4.43. The van der Waals surface area contributed by atoms with E-state index < -0.39 is 27.2 Å². The molecule has 0 aromatic heterocycles. The minimum absolute atomic E-state index is 0.375. The van der Waals surface area contributed by atoms with Crippen molar-refractivity contribution in [1.82, 2.24) is 4.72 Å². The molecule has 0 aliphatic heterocycles. The lowest BCUT2D eigenvalue weighted by atomic mass is 10.1. The molecule has 0 heterocycles. The van der Waals surface area contributed by atoms with Gasteiger partial charge >= 0.3 is 0 Å². The summed E-state index contributed by atoms with van der Waals surface area (Å²) in [5.41, 5.74) is -1.11. The van der Waals surface area contributed by atoms with E-state index in [4.69, 9.17) is 6.42 Å². The summed E-state index contributed by atoms with van der Waals surface area (Å²) < 4.78 is 51.3. The number of terminal acetylenes is 1. The van der Waals surface area contributed by atoms with Crippen molar-refractivity contribution in [2.75, 3.05) is 0 Å². The third-order valence-corrected chi connectivity index (χ3v) is 3.61. The molecule has 0 bridgehead atoms. The van der Waals surface area contributed by atoms with Crippen LogP contribution in [0.4, 0.5) is 8.78 Å². The van der Waals surface area contributed by atoms with Gasteiger partial charge in [-0.25, -0.2) is 17.2 Å². The molecule has 0 radical (unpaired) electrons. The number of halogens is 2. The maximum Gasteiger partial charge on any atom is 0.241 e. The van der Waals surface area contributed by atoms with Gasteiger partial charge in [-0.3, -0.25) is 0 Å². The molecule has 6 heteroatoms. The highest BCUT2D eigenvalue weighted by Gasteiger charge is 2.24. The molecule has 0 amide bonds. The smallest absolute Gasteiger partial charge is 0.207 e. The summed E-state index contributed by atoms with van der Waals surface area (Å²) in [6, 6.07) is 2.31. The van der Waals surface area contributed by atoms with Crippen LogP contribution in [-0.2, 0) is 10.0 Å². The van der Waals surface area contributed by atoms with Gasteiger partial charge in [0, 0.05) is 0 Å². The SMILES string of the molecule is C#CC(C)(C)NS(=O)(=O)c1ccc(F)c(F)c1. The van der Waals surface area contributed by atoms with Crippen LogP contribution in [0.5, 0.6) is 0 Å². The second-order valence-electron chi connectivity index (χ2n) is 3.95. The van der Waals surface area contributed by atoms with Gasteiger partial charge in [0.1, 0.15) is 0 Å². The monoisotopic (exact) mass is 259 g/mol. The van der Waals surface area contributed by atoms with Gasteiger partial charge in [-0.2, -0.15) is 4.72 Å². The Morgan fingerprint density at radius 2 is 1.88 bits per heavy atom. The van der Waals surface area contributed by atoms with Crippen LogP contribution in [-0.4, -0.2) is 14.0 Å². The highest BCUT2D eigenvalue weighted by molar-refractivity contribution is 7.89. The fourth-order valence-electron chi connectivity index (χ4n) is 1.07. The fourth-order valence-corrected chi connectivity index (χ4v) is 2.42. The molecule has 92 valence electrons. The molecular formula is C11H11F2NO2S. The lowest BCUT2D eigenvalue weighted by Crippen LogP contribution is -2.41. The van der Waals surface area contributed by atoms with Gasteiger partial charge in [0.05, 0.1) is 10.4 Å². The van der Waals surface area contributed by atoms with Gasteiger partial charge in [0.2, 0.25) is 10.0 Å². The highest BCUT2D eigenvalue weighted by Crippen LogP contribution is 2.15. The van der Waals surface area contributed by atoms with Crippen LogP contribution in [0, 0.1) is 24.0 Å². The first-order valence-electron chi connectivity index (χ1n) is 4.65. The number of benzene rings is 1. The van der Waals surface area contributed by atoms with E-state index in [9.17, 15) is 17.2 Å². The molecule has 0 aliphatic rings. The molecule has 0 saturated carbocycles. The second-order valence-corrected chi connectivity index (χ2v) is 5.63. The highest BCUT2D eigenvalue weighted by atomic mass is 32.2. The summed E-state index contributed by atoms with van der Waals surface area (Å²) in [5, 5.41) is 0. The van der Waals surface area contributed by atoms with Crippen LogP contribution in [0.15, 0.2) is 23.1 Å². The van der Waals surface area contributed by atoms with Crippen molar-refractivity contribution >= 4 is 10.0 Å². The Hall–Kier alpha value is -1.45. The van der Waals surface area contributed by atoms with Gasteiger partial charge in [-0.1, -0.05) is 5.92 Å². The van der Waals surface area contributed by atoms with Crippen molar-refractivity contribution in [1.29, 1.82) is 0 Å². The van der Waals surface area contributed by atoms with Crippen LogP contribution in [0.25, 0.3) is 0 Å². The normalized spacial score (nSPS) is 12.2. The van der Waals surface area contributed by atoms with E-state index in [1.807, 2.05) is 0 Å². The number of rotatable bonds is 3. The predicted molar refractivity (Wildman–Crippen MR) is 59.6 cm³/mol. The van der Waals surface area contributed by atoms with Gasteiger partial charge in [0.25, 0.3) is 0 Å². The zero-order chi connectivity index (χ0) is 13.3. The number of hydrogen-bond donors (Lipinski definition) is 1. The number of nitrogens with one attached hydrogen (secondary N) is 1. The van der Waals surface area contributed by atoms with Crippen molar-refractivity contribution in [3.05, 3.63) is 29.8 Å². The molecule has 0 atom stereocenters. The van der Waals surface area contributed by atoms with Crippen LogP contribution in [0.3, 0.4) is 0 Å². The Kier molecular flexibility index (Phi) is 3.55. The van der Waals surface area contributed by atoms with Crippen LogP contribution >= 0.6 is 0 Å². The Morgan fingerprint density at radius 3 is 2.35 bits per heavy atom. The average Bonchev–Trinajstić information content (AvgIpc) is 2.20. The molecule has 17 heavy (non-hydrogen) atoms. The molecule has 0 aliphatic carbocycles. The molecule has 0 spiro atoms. The molecular weight excluding hydrogens is 248 g/mol. The molecule has 1 aromatic carbocycles. The minimum Gasteiger partial charge on any atom is -0.207 e. The van der Waals surface area contributed by atoms with E-state index in [1.165, 1.54) is 13.8 Å². The fraction of sp³-hybridized carbons (Fsp3) is 0.273. The summed E-state index contributed by atoms with van der Waals surface area (Å²) in [7, 11) is -3.97. The van der Waals surface area contributed by atoms with Crippen molar-refractivity contribution in [3.8, 4) is 12.3 Å². The van der Waals surface area contributed by atoms with E-state index >= 15 is 0 Å². The van der Waals surface area contributed by atoms with Gasteiger partial charge in [-0.05, 0) is 32.0 Å². The van der Waals surface area contributed by atoms with Crippen molar-refractivity contribution < 1.29 is 17.2 Å². The molecule has 3 nitrogen and oxygen atoms in total. The standard InChI is InChI=1S/C11H11F2NO2S/c1-4-11(2,3)14-17(15,16)8-5-6-9(12)10(13)7-8/h1,5-7,14H,2-3H3. The van der Waals surface area contributed by atoms with Crippen molar-refractivity contribution in [2.45, 2.75) is 24.3 Å². The lowest BCUT2D eigenvalue weighted by Gasteiger charge is -2.19. The summed E-state index contributed by atoms with van der Waals surface area (Å²) in [5.74, 6) is -0.106. The Bertz CT molecular complexity index is 574. The van der Waals surface area contributed by atoms with E-state index in [0.717, 1.165) is 12.1 Å². The topological polar surface area (TPSA) is 46.2 Å². The molecule has 0 unspecified atom stereocenters. The minimum atomic E-state index is -3.97. The first kappa shape index (κ1) is 13.6. The van der Waals surface area contributed by atoms with Gasteiger partial charge in [0.15, 0.2) is 11.6 Å². The van der Waals surface area contributed by atoms with E-state index in [-0.39, 0.29) is 4.90 Å². The molecule has 1 aromatic rings. The van der Waals surface area contributed by atoms with E-state index in [0.29, 0.717) is 6.07 Å². The number of sulfonamides is 1. The predicted octanol–water partition coefficient (Wildman–Crippen LogP) is 1.65. The number of hydrogen-bond acceptors (Lipinski definition) is 2. The summed E-state index contributed by atoms with van der Waals surface area (Å²) in [6.07, 6.45) is 5.13. The molecule has 0 fully saturated rings. The largest absolute Gasteiger partial charge is 0.241 e. The Balaban J connectivity index is 3.16. The Morgan fingerprint density at radius 1 is 1.29 bits per heavy atom. The zero-order valence-electron chi connectivity index (χ0n) is 9.29. The van der Waals surface area contributed by atoms with E-state index in [1.54, 1.807) is 0 Å². The summed E-state index contributed by atoms with van der Waals surface area (Å²) in [6.45, 7) is 2.95. The molecule has 1 rings (SSSR count). The quantitative estimate of drug-likeness (QED) is 0.839. The first-order chi connectivity index (χ1) is 7.68. The van der Waals surface area contributed by atoms with Crippen molar-refractivity contribution in [3.63, 3.8) is 0 Å². The maximum atomic E-state index is 12.9. The third-order valence-electron chi connectivity index (χ3n) is 1.95.